The van der Waals surface area contributed by atoms with Gasteiger partial charge in [-0.25, -0.2) is 4.79 Å². The van der Waals surface area contributed by atoms with Gasteiger partial charge in [0.25, 0.3) is 0 Å². The van der Waals surface area contributed by atoms with E-state index in [4.69, 9.17) is 18.9 Å². The Morgan fingerprint density at radius 1 is 0.840 bits per heavy atom. The third kappa shape index (κ3) is 4.50. The summed E-state index contributed by atoms with van der Waals surface area (Å²) < 4.78 is 21.1. The average molecular weight is 344 g/mol. The second-order valence-electron chi connectivity index (χ2n) is 5.08. The number of carbonyl (C=O) groups is 2. The number of rotatable bonds is 8. The van der Waals surface area contributed by atoms with Crippen LogP contribution < -0.4 is 14.2 Å². The molecule has 0 unspecified atom stereocenters. The van der Waals surface area contributed by atoms with Crippen LogP contribution in [0.5, 0.6) is 17.2 Å². The van der Waals surface area contributed by atoms with Gasteiger partial charge in [0.1, 0.15) is 24.5 Å². The highest BCUT2D eigenvalue weighted by Crippen LogP contribution is 2.31. The fraction of sp³-hybridized carbons (Fsp3) is 0.263. The van der Waals surface area contributed by atoms with Gasteiger partial charge in [-0.1, -0.05) is 18.2 Å². The lowest BCUT2D eigenvalue weighted by Gasteiger charge is -2.13. The van der Waals surface area contributed by atoms with Gasteiger partial charge in [0.05, 0.1) is 19.8 Å². The standard InChI is InChI=1S/C19H20O6/c1-13(20)14-7-4-5-9-16(14)24-11-12-25-19(21)15-8-6-10-17(22-2)18(15)23-3/h4-10H,11-12H2,1-3H3. The number of ketones is 1. The van der Waals surface area contributed by atoms with Crippen molar-refractivity contribution in [3.63, 3.8) is 0 Å². The molecule has 0 bridgehead atoms. The van der Waals surface area contributed by atoms with Crippen molar-refractivity contribution in [3.05, 3.63) is 53.6 Å². The van der Waals surface area contributed by atoms with E-state index in [9.17, 15) is 9.59 Å². The van der Waals surface area contributed by atoms with Gasteiger partial charge in [-0.15, -0.1) is 0 Å². The summed E-state index contributed by atoms with van der Waals surface area (Å²) in [7, 11) is 2.95. The molecule has 0 aliphatic heterocycles. The second-order valence-corrected chi connectivity index (χ2v) is 5.08. The van der Waals surface area contributed by atoms with Crippen LogP contribution in [0.25, 0.3) is 0 Å². The molecular weight excluding hydrogens is 324 g/mol. The maximum Gasteiger partial charge on any atom is 0.342 e. The quantitative estimate of drug-likeness (QED) is 0.416. The molecule has 0 fully saturated rings. The average Bonchev–Trinajstić information content (AvgIpc) is 2.64. The highest BCUT2D eigenvalue weighted by Gasteiger charge is 2.17. The van der Waals surface area contributed by atoms with Gasteiger partial charge in [0, 0.05) is 0 Å². The lowest BCUT2D eigenvalue weighted by Crippen LogP contribution is -2.14. The fourth-order valence-electron chi connectivity index (χ4n) is 2.29. The summed E-state index contributed by atoms with van der Waals surface area (Å²) in [6.07, 6.45) is 0. The summed E-state index contributed by atoms with van der Waals surface area (Å²) >= 11 is 0. The molecule has 6 heteroatoms. The number of benzene rings is 2. The third-order valence-corrected chi connectivity index (χ3v) is 3.46. The lowest BCUT2D eigenvalue weighted by atomic mass is 10.1. The van der Waals surface area contributed by atoms with Crippen LogP contribution in [0.4, 0.5) is 0 Å². The van der Waals surface area contributed by atoms with Gasteiger partial charge < -0.3 is 18.9 Å². The zero-order chi connectivity index (χ0) is 18.2. The highest BCUT2D eigenvalue weighted by molar-refractivity contribution is 5.96. The molecule has 0 aliphatic carbocycles. The maximum absolute atomic E-state index is 12.2. The number of para-hydroxylation sites is 2. The molecule has 2 rings (SSSR count). The van der Waals surface area contributed by atoms with Gasteiger partial charge in [-0.2, -0.15) is 0 Å². The van der Waals surface area contributed by atoms with Crippen LogP contribution in [0.2, 0.25) is 0 Å². The third-order valence-electron chi connectivity index (χ3n) is 3.46. The van der Waals surface area contributed by atoms with Gasteiger partial charge in [-0.3, -0.25) is 4.79 Å². The van der Waals surface area contributed by atoms with E-state index in [2.05, 4.69) is 0 Å². The van der Waals surface area contributed by atoms with Crippen molar-refractivity contribution < 1.29 is 28.5 Å². The van der Waals surface area contributed by atoms with Gasteiger partial charge in [0.15, 0.2) is 17.3 Å². The van der Waals surface area contributed by atoms with Crippen LogP contribution in [0.1, 0.15) is 27.6 Å². The summed E-state index contributed by atoms with van der Waals surface area (Å²) in [5, 5.41) is 0. The Kier molecular flexibility index (Phi) is 6.39. The predicted octanol–water partition coefficient (Wildman–Crippen LogP) is 3.14. The number of esters is 1. The molecule has 2 aromatic carbocycles. The van der Waals surface area contributed by atoms with Crippen LogP contribution in [0.3, 0.4) is 0 Å². The monoisotopic (exact) mass is 344 g/mol. The van der Waals surface area contributed by atoms with Crippen molar-refractivity contribution in [1.82, 2.24) is 0 Å². The van der Waals surface area contributed by atoms with Crippen molar-refractivity contribution in [2.45, 2.75) is 6.92 Å². The van der Waals surface area contributed by atoms with E-state index in [1.165, 1.54) is 21.1 Å². The van der Waals surface area contributed by atoms with Crippen LogP contribution in [0.15, 0.2) is 42.5 Å². The van der Waals surface area contributed by atoms with Gasteiger partial charge in [0.2, 0.25) is 0 Å². The minimum absolute atomic E-state index is 0.0332. The van der Waals surface area contributed by atoms with Crippen molar-refractivity contribution in [2.24, 2.45) is 0 Å². The minimum Gasteiger partial charge on any atom is -0.493 e. The fourth-order valence-corrected chi connectivity index (χ4v) is 2.29. The Morgan fingerprint density at radius 3 is 2.20 bits per heavy atom. The van der Waals surface area contributed by atoms with E-state index in [1.807, 2.05) is 0 Å². The molecule has 132 valence electrons. The van der Waals surface area contributed by atoms with E-state index in [0.717, 1.165) is 0 Å². The molecule has 0 saturated heterocycles. The van der Waals surface area contributed by atoms with E-state index in [-0.39, 0.29) is 24.6 Å². The molecule has 0 heterocycles. The molecule has 0 N–H and O–H groups in total. The smallest absolute Gasteiger partial charge is 0.342 e. The SMILES string of the molecule is COc1cccc(C(=O)OCCOc2ccccc2C(C)=O)c1OC. The zero-order valence-electron chi connectivity index (χ0n) is 14.4. The van der Waals surface area contributed by atoms with E-state index < -0.39 is 5.97 Å². The van der Waals surface area contributed by atoms with Crippen LogP contribution in [0, 0.1) is 0 Å². The number of Topliss-reactive ketones (excluding diaryl/α,β-unsaturated/α-hetero) is 1. The minimum atomic E-state index is -0.542. The van der Waals surface area contributed by atoms with Crippen molar-refractivity contribution in [2.75, 3.05) is 27.4 Å². The summed E-state index contributed by atoms with van der Waals surface area (Å²) in [5.41, 5.74) is 0.759. The number of hydrogen-bond acceptors (Lipinski definition) is 6. The molecule has 6 nitrogen and oxygen atoms in total. The Bertz CT molecular complexity index is 753. The Labute approximate surface area is 146 Å². The Hall–Kier alpha value is -3.02. The predicted molar refractivity (Wildman–Crippen MR) is 91.8 cm³/mol. The topological polar surface area (TPSA) is 71.1 Å². The van der Waals surface area contributed by atoms with Crippen LogP contribution in [-0.4, -0.2) is 39.2 Å². The largest absolute Gasteiger partial charge is 0.493 e. The van der Waals surface area contributed by atoms with E-state index >= 15 is 0 Å². The zero-order valence-corrected chi connectivity index (χ0v) is 14.4. The van der Waals surface area contributed by atoms with Gasteiger partial charge in [-0.05, 0) is 31.2 Å². The second kappa shape index (κ2) is 8.73. The molecule has 0 saturated carbocycles. The lowest BCUT2D eigenvalue weighted by molar-refractivity contribution is 0.0445. The summed E-state index contributed by atoms with van der Waals surface area (Å²) in [5.74, 6) is 0.597. The first-order chi connectivity index (χ1) is 12.1. The van der Waals surface area contributed by atoms with Crippen molar-refractivity contribution in [1.29, 1.82) is 0 Å². The number of methoxy groups -OCH3 is 2. The van der Waals surface area contributed by atoms with Crippen LogP contribution >= 0.6 is 0 Å². The van der Waals surface area contributed by atoms with Crippen molar-refractivity contribution in [3.8, 4) is 17.2 Å². The number of hydrogen-bond donors (Lipinski definition) is 0. The summed E-state index contributed by atoms with van der Waals surface area (Å²) in [6.45, 7) is 1.63. The van der Waals surface area contributed by atoms with E-state index in [1.54, 1.807) is 42.5 Å². The molecule has 25 heavy (non-hydrogen) atoms. The molecule has 0 amide bonds. The first kappa shape index (κ1) is 18.3. The molecule has 2 aromatic rings. The summed E-state index contributed by atoms with van der Waals surface area (Å²) in [6, 6.07) is 11.9. The number of ether oxygens (including phenoxy) is 4. The van der Waals surface area contributed by atoms with E-state index in [0.29, 0.717) is 22.8 Å². The molecule has 0 atom stereocenters. The maximum atomic E-state index is 12.2. The molecule has 0 radical (unpaired) electrons. The first-order valence-corrected chi connectivity index (χ1v) is 7.69. The number of carbonyl (C=O) groups excluding carboxylic acids is 2. The van der Waals surface area contributed by atoms with Crippen LogP contribution in [-0.2, 0) is 4.74 Å². The van der Waals surface area contributed by atoms with Gasteiger partial charge >= 0.3 is 5.97 Å². The molecule has 0 spiro atoms. The summed E-state index contributed by atoms with van der Waals surface area (Å²) in [4.78, 5) is 23.7. The Morgan fingerprint density at radius 2 is 1.52 bits per heavy atom. The highest BCUT2D eigenvalue weighted by atomic mass is 16.6. The van der Waals surface area contributed by atoms with Crippen molar-refractivity contribution >= 4 is 11.8 Å². The molecular formula is C19H20O6. The Balaban J connectivity index is 1.95. The molecule has 0 aromatic heterocycles. The first-order valence-electron chi connectivity index (χ1n) is 7.69. The molecule has 0 aliphatic rings. The normalized spacial score (nSPS) is 10.0.